The average Bonchev–Trinajstić information content (AvgIpc) is 2.80. The number of rotatable bonds is 4. The van der Waals surface area contributed by atoms with Gasteiger partial charge in [-0.3, -0.25) is 4.98 Å². The monoisotopic (exact) mass is 344 g/mol. The molecule has 0 radical (unpaired) electrons. The highest BCUT2D eigenvalue weighted by molar-refractivity contribution is 14.1. The molecule has 2 aromatic rings. The molecule has 16 heavy (non-hydrogen) atoms. The summed E-state index contributed by atoms with van der Waals surface area (Å²) in [6, 6.07) is 8.87. The van der Waals surface area contributed by atoms with E-state index in [-0.39, 0.29) is 0 Å². The first-order valence-electron chi connectivity index (χ1n) is 5.10. The van der Waals surface area contributed by atoms with Gasteiger partial charge in [-0.25, -0.2) is 0 Å². The molecule has 0 spiro atoms. The van der Waals surface area contributed by atoms with Crippen LogP contribution in [-0.4, -0.2) is 12.0 Å². The van der Waals surface area contributed by atoms with Gasteiger partial charge in [-0.2, -0.15) is 0 Å². The Hall–Kier alpha value is -0.460. The van der Waals surface area contributed by atoms with Crippen LogP contribution < -0.4 is 5.32 Å². The third-order valence-electron chi connectivity index (χ3n) is 2.52. The Labute approximate surface area is 113 Å². The van der Waals surface area contributed by atoms with Crippen LogP contribution in [0.2, 0.25) is 0 Å². The molecular weight excluding hydrogens is 331 g/mol. The zero-order valence-electron chi connectivity index (χ0n) is 8.98. The Morgan fingerprint density at radius 2 is 2.25 bits per heavy atom. The lowest BCUT2D eigenvalue weighted by molar-refractivity contribution is 0.593. The summed E-state index contributed by atoms with van der Waals surface area (Å²) in [5.41, 5.74) is 3.25. The largest absolute Gasteiger partial charge is 0.313 e. The van der Waals surface area contributed by atoms with Gasteiger partial charge in [0.25, 0.3) is 0 Å². The lowest BCUT2D eigenvalue weighted by Gasteiger charge is -2.17. The zero-order valence-corrected chi connectivity index (χ0v) is 12.0. The number of likely N-dealkylation sites (N-methyl/N-ethyl adjacent to an activating group) is 1. The van der Waals surface area contributed by atoms with Crippen LogP contribution in [0.15, 0.2) is 36.0 Å². The van der Waals surface area contributed by atoms with E-state index in [9.17, 15) is 0 Å². The van der Waals surface area contributed by atoms with Crippen LogP contribution in [0.25, 0.3) is 0 Å². The van der Waals surface area contributed by atoms with Crippen molar-refractivity contribution in [2.24, 2.45) is 0 Å². The fourth-order valence-corrected chi connectivity index (χ4v) is 3.07. The van der Waals surface area contributed by atoms with Gasteiger partial charge in [-0.1, -0.05) is 18.2 Å². The van der Waals surface area contributed by atoms with Crippen LogP contribution in [0, 0.1) is 3.57 Å². The van der Waals surface area contributed by atoms with E-state index < -0.39 is 0 Å². The normalized spacial score (nSPS) is 12.6. The van der Waals surface area contributed by atoms with Crippen LogP contribution in [-0.2, 0) is 6.42 Å². The number of nitrogens with zero attached hydrogens (tertiary/aromatic N) is 1. The molecule has 0 aliphatic heterocycles. The van der Waals surface area contributed by atoms with E-state index in [4.69, 9.17) is 0 Å². The molecule has 0 aliphatic carbocycles. The highest BCUT2D eigenvalue weighted by atomic mass is 127. The molecule has 0 bridgehead atoms. The molecule has 1 aromatic heterocycles. The first-order chi connectivity index (χ1) is 7.81. The summed E-state index contributed by atoms with van der Waals surface area (Å²) in [7, 11) is 2.01. The lowest BCUT2D eigenvalue weighted by Crippen LogP contribution is -2.19. The predicted molar refractivity (Wildman–Crippen MR) is 76.8 cm³/mol. The van der Waals surface area contributed by atoms with Gasteiger partial charge in [0.1, 0.15) is 0 Å². The topological polar surface area (TPSA) is 24.9 Å². The molecule has 1 heterocycles. The van der Waals surface area contributed by atoms with Gasteiger partial charge in [0.2, 0.25) is 0 Å². The lowest BCUT2D eigenvalue weighted by atomic mass is 10.0. The molecule has 0 amide bonds. The van der Waals surface area contributed by atoms with Crippen molar-refractivity contribution in [2.75, 3.05) is 7.05 Å². The van der Waals surface area contributed by atoms with Crippen LogP contribution in [0.4, 0.5) is 0 Å². The highest BCUT2D eigenvalue weighted by Crippen LogP contribution is 2.24. The smallest absolute Gasteiger partial charge is 0.0794 e. The number of aromatic nitrogens is 1. The third kappa shape index (κ3) is 2.81. The Balaban J connectivity index is 2.20. The van der Waals surface area contributed by atoms with E-state index in [1.54, 1.807) is 11.3 Å². The molecule has 0 aliphatic rings. The first-order valence-corrected chi connectivity index (χ1v) is 7.06. The molecule has 2 nitrogen and oxygen atoms in total. The van der Waals surface area contributed by atoms with Crippen LogP contribution in [0.5, 0.6) is 0 Å². The Morgan fingerprint density at radius 1 is 1.44 bits per heavy atom. The summed E-state index contributed by atoms with van der Waals surface area (Å²) in [5.74, 6) is 0. The fourth-order valence-electron chi connectivity index (χ4n) is 1.67. The van der Waals surface area contributed by atoms with Crippen molar-refractivity contribution in [3.8, 4) is 0 Å². The maximum Gasteiger partial charge on any atom is 0.0794 e. The van der Waals surface area contributed by atoms with Crippen molar-refractivity contribution < 1.29 is 0 Å². The Bertz CT molecular complexity index is 442. The van der Waals surface area contributed by atoms with Gasteiger partial charge in [-0.15, -0.1) is 11.3 Å². The molecule has 1 unspecified atom stereocenters. The molecule has 0 saturated heterocycles. The Kier molecular flexibility index (Phi) is 4.31. The second-order valence-corrected chi connectivity index (χ2v) is 5.67. The first kappa shape index (κ1) is 12.0. The SMILES string of the molecule is CNC(Cc1cncs1)c1ccccc1I. The van der Waals surface area contributed by atoms with Gasteiger partial charge in [-0.05, 0) is 41.3 Å². The van der Waals surface area contributed by atoms with E-state index in [0.717, 1.165) is 6.42 Å². The second kappa shape index (κ2) is 5.75. The van der Waals surface area contributed by atoms with Crippen LogP contribution >= 0.6 is 33.9 Å². The summed E-state index contributed by atoms with van der Waals surface area (Å²) < 4.78 is 1.31. The van der Waals surface area contributed by atoms with Gasteiger partial charge < -0.3 is 5.32 Å². The van der Waals surface area contributed by atoms with Crippen LogP contribution in [0.3, 0.4) is 0 Å². The molecule has 1 atom stereocenters. The highest BCUT2D eigenvalue weighted by Gasteiger charge is 2.13. The molecule has 2 rings (SSSR count). The quantitative estimate of drug-likeness (QED) is 0.862. The summed E-state index contributed by atoms with van der Waals surface area (Å²) in [5, 5.41) is 3.37. The number of nitrogens with one attached hydrogen (secondary N) is 1. The van der Waals surface area contributed by atoms with E-state index in [1.807, 2.05) is 18.8 Å². The minimum absolute atomic E-state index is 0.369. The maximum absolute atomic E-state index is 4.11. The average molecular weight is 344 g/mol. The van der Waals surface area contributed by atoms with Gasteiger partial charge in [0.15, 0.2) is 0 Å². The van der Waals surface area contributed by atoms with E-state index in [0.29, 0.717) is 6.04 Å². The van der Waals surface area contributed by atoms with E-state index in [1.165, 1.54) is 14.0 Å². The maximum atomic E-state index is 4.11. The number of halogens is 1. The van der Waals surface area contributed by atoms with Gasteiger partial charge in [0, 0.05) is 27.1 Å². The molecule has 0 saturated carbocycles. The summed E-state index contributed by atoms with van der Waals surface area (Å²) >= 11 is 4.10. The van der Waals surface area contributed by atoms with Crippen molar-refractivity contribution >= 4 is 33.9 Å². The third-order valence-corrected chi connectivity index (χ3v) is 4.30. The minimum atomic E-state index is 0.369. The molecule has 84 valence electrons. The van der Waals surface area contributed by atoms with Crippen LogP contribution in [0.1, 0.15) is 16.5 Å². The van der Waals surface area contributed by atoms with Crippen molar-refractivity contribution in [1.29, 1.82) is 0 Å². The summed E-state index contributed by atoms with van der Waals surface area (Å²) in [6.45, 7) is 0. The molecule has 1 N–H and O–H groups in total. The second-order valence-electron chi connectivity index (χ2n) is 3.53. The van der Waals surface area contributed by atoms with Crippen molar-refractivity contribution in [3.05, 3.63) is 50.0 Å². The fraction of sp³-hybridized carbons (Fsp3) is 0.250. The molecular formula is C12H13IN2S. The molecule has 0 fully saturated rings. The van der Waals surface area contributed by atoms with E-state index in [2.05, 4.69) is 57.2 Å². The molecule has 4 heteroatoms. The number of thiazole rings is 1. The van der Waals surface area contributed by atoms with Crippen molar-refractivity contribution in [3.63, 3.8) is 0 Å². The standard InChI is InChI=1S/C12H13IN2S/c1-14-12(6-9-7-15-8-16-9)10-4-2-3-5-11(10)13/h2-5,7-8,12,14H,6H2,1H3. The number of benzene rings is 1. The zero-order chi connectivity index (χ0) is 11.4. The minimum Gasteiger partial charge on any atom is -0.313 e. The number of hydrogen-bond donors (Lipinski definition) is 1. The Morgan fingerprint density at radius 3 is 2.88 bits per heavy atom. The predicted octanol–water partition coefficient (Wildman–Crippen LogP) is 3.25. The van der Waals surface area contributed by atoms with Crippen molar-refractivity contribution in [2.45, 2.75) is 12.5 Å². The summed E-state index contributed by atoms with van der Waals surface area (Å²) in [4.78, 5) is 5.43. The van der Waals surface area contributed by atoms with Gasteiger partial charge in [0.05, 0.1) is 5.51 Å². The number of hydrogen-bond acceptors (Lipinski definition) is 3. The van der Waals surface area contributed by atoms with E-state index >= 15 is 0 Å². The molecule has 1 aromatic carbocycles. The van der Waals surface area contributed by atoms with Gasteiger partial charge >= 0.3 is 0 Å². The van der Waals surface area contributed by atoms with Crippen molar-refractivity contribution in [1.82, 2.24) is 10.3 Å². The summed E-state index contributed by atoms with van der Waals surface area (Å²) in [6.07, 6.45) is 2.95.